The van der Waals surface area contributed by atoms with E-state index >= 15 is 0 Å². The number of benzene rings is 2. The minimum Gasteiger partial charge on any atom is -0.490 e. The van der Waals surface area contributed by atoms with E-state index in [4.69, 9.17) is 21.1 Å². The first-order chi connectivity index (χ1) is 12.1. The molecule has 0 aliphatic carbocycles. The molecule has 132 valence electrons. The third kappa shape index (κ3) is 6.35. The summed E-state index contributed by atoms with van der Waals surface area (Å²) in [5.41, 5.74) is 5.39. The monoisotopic (exact) mass is 362 g/mol. The van der Waals surface area contributed by atoms with Crippen molar-refractivity contribution in [2.75, 3.05) is 13.2 Å². The van der Waals surface area contributed by atoms with Crippen molar-refractivity contribution in [1.82, 2.24) is 10.9 Å². The molecule has 0 aromatic heterocycles. The summed E-state index contributed by atoms with van der Waals surface area (Å²) in [6, 6.07) is 14.0. The van der Waals surface area contributed by atoms with Gasteiger partial charge in [-0.15, -0.1) is 0 Å². The molecule has 0 aliphatic rings. The highest BCUT2D eigenvalue weighted by molar-refractivity contribution is 6.30. The van der Waals surface area contributed by atoms with Gasteiger partial charge in [-0.25, -0.2) is 0 Å². The van der Waals surface area contributed by atoms with Gasteiger partial charge in [0.2, 0.25) is 5.91 Å². The highest BCUT2D eigenvalue weighted by atomic mass is 35.5. The lowest BCUT2D eigenvalue weighted by molar-refractivity contribution is -0.129. The van der Waals surface area contributed by atoms with E-state index in [1.165, 1.54) is 0 Å². The van der Waals surface area contributed by atoms with Gasteiger partial charge in [0.15, 0.2) is 18.1 Å². The van der Waals surface area contributed by atoms with Crippen LogP contribution in [-0.2, 0) is 16.0 Å². The van der Waals surface area contributed by atoms with Gasteiger partial charge in [0.25, 0.3) is 5.91 Å². The second-order valence-corrected chi connectivity index (χ2v) is 5.51. The number of amides is 2. The van der Waals surface area contributed by atoms with Gasteiger partial charge in [-0.3, -0.25) is 20.4 Å². The average Bonchev–Trinajstić information content (AvgIpc) is 2.59. The van der Waals surface area contributed by atoms with Crippen molar-refractivity contribution in [3.05, 3.63) is 59.1 Å². The van der Waals surface area contributed by atoms with Crippen LogP contribution in [0.2, 0.25) is 5.02 Å². The van der Waals surface area contributed by atoms with Crippen LogP contribution in [0.5, 0.6) is 11.5 Å². The summed E-state index contributed by atoms with van der Waals surface area (Å²) in [6.07, 6.45) is 0.106. The quantitative estimate of drug-likeness (QED) is 0.742. The molecular formula is C18H19ClN2O4. The van der Waals surface area contributed by atoms with E-state index in [1.54, 1.807) is 42.5 Å². The topological polar surface area (TPSA) is 76.7 Å². The van der Waals surface area contributed by atoms with Gasteiger partial charge < -0.3 is 9.47 Å². The van der Waals surface area contributed by atoms with Gasteiger partial charge in [-0.1, -0.05) is 35.9 Å². The molecular weight excluding hydrogens is 344 g/mol. The average molecular weight is 363 g/mol. The van der Waals surface area contributed by atoms with Gasteiger partial charge in [0.1, 0.15) is 0 Å². The van der Waals surface area contributed by atoms with Crippen molar-refractivity contribution < 1.29 is 19.1 Å². The first-order valence-electron chi connectivity index (χ1n) is 7.75. The largest absolute Gasteiger partial charge is 0.490 e. The van der Waals surface area contributed by atoms with Gasteiger partial charge in [0, 0.05) is 5.02 Å². The van der Waals surface area contributed by atoms with Gasteiger partial charge >= 0.3 is 0 Å². The Bertz CT molecular complexity index is 737. The standard InChI is InChI=1S/C18H19ClN2O4/c1-2-24-15-8-3-4-9-16(15)25-12-18(23)21-20-17(22)11-13-6-5-7-14(19)10-13/h3-10H,2,11-12H2,1H3,(H,20,22)(H,21,23). The molecule has 25 heavy (non-hydrogen) atoms. The minimum atomic E-state index is -0.481. The fourth-order valence-electron chi connectivity index (χ4n) is 2.04. The minimum absolute atomic E-state index is 0.106. The highest BCUT2D eigenvalue weighted by Crippen LogP contribution is 2.26. The maximum Gasteiger partial charge on any atom is 0.276 e. The maximum absolute atomic E-state index is 11.8. The maximum atomic E-state index is 11.8. The lowest BCUT2D eigenvalue weighted by atomic mass is 10.1. The Labute approximate surface area is 151 Å². The summed E-state index contributed by atoms with van der Waals surface area (Å²) in [5, 5.41) is 0.552. The predicted octanol–water partition coefficient (Wildman–Crippen LogP) is 2.51. The van der Waals surface area contributed by atoms with E-state index in [0.29, 0.717) is 23.1 Å². The summed E-state index contributed by atoms with van der Waals surface area (Å²) >= 11 is 5.86. The summed E-state index contributed by atoms with van der Waals surface area (Å²) in [6.45, 7) is 2.10. The zero-order valence-corrected chi connectivity index (χ0v) is 14.5. The van der Waals surface area contributed by atoms with Crippen LogP contribution in [0.15, 0.2) is 48.5 Å². The number of ether oxygens (including phenoxy) is 2. The Morgan fingerprint density at radius 2 is 1.64 bits per heavy atom. The van der Waals surface area contributed by atoms with Crippen LogP contribution in [0.4, 0.5) is 0 Å². The molecule has 2 aromatic rings. The molecule has 7 heteroatoms. The zero-order valence-electron chi connectivity index (χ0n) is 13.8. The molecule has 0 saturated carbocycles. The van der Waals surface area contributed by atoms with Gasteiger partial charge in [-0.05, 0) is 36.8 Å². The number of carbonyl (C=O) groups is 2. The number of halogens is 1. The lowest BCUT2D eigenvalue weighted by Crippen LogP contribution is -2.44. The number of rotatable bonds is 7. The molecule has 2 N–H and O–H groups in total. The summed E-state index contributed by atoms with van der Waals surface area (Å²) in [5.74, 6) is 0.184. The lowest BCUT2D eigenvalue weighted by Gasteiger charge is -2.12. The number of hydrogen-bond acceptors (Lipinski definition) is 4. The Morgan fingerprint density at radius 1 is 0.960 bits per heavy atom. The van der Waals surface area contributed by atoms with Crippen molar-refractivity contribution in [1.29, 1.82) is 0 Å². The second kappa shape index (κ2) is 9.54. The van der Waals surface area contributed by atoms with Crippen molar-refractivity contribution in [2.45, 2.75) is 13.3 Å². The molecule has 2 amide bonds. The van der Waals surface area contributed by atoms with Crippen LogP contribution in [0.1, 0.15) is 12.5 Å². The Morgan fingerprint density at radius 3 is 2.32 bits per heavy atom. The predicted molar refractivity (Wildman–Crippen MR) is 94.5 cm³/mol. The number of hydrogen-bond donors (Lipinski definition) is 2. The normalized spacial score (nSPS) is 10.0. The van der Waals surface area contributed by atoms with Crippen LogP contribution in [0.3, 0.4) is 0 Å². The summed E-state index contributed by atoms with van der Waals surface area (Å²) < 4.78 is 10.8. The van der Waals surface area contributed by atoms with E-state index in [-0.39, 0.29) is 18.9 Å². The first kappa shape index (κ1) is 18.6. The van der Waals surface area contributed by atoms with Crippen molar-refractivity contribution in [3.63, 3.8) is 0 Å². The van der Waals surface area contributed by atoms with E-state index in [9.17, 15) is 9.59 Å². The first-order valence-corrected chi connectivity index (χ1v) is 8.13. The fourth-order valence-corrected chi connectivity index (χ4v) is 2.25. The molecule has 0 radical (unpaired) electrons. The van der Waals surface area contributed by atoms with Crippen molar-refractivity contribution in [3.8, 4) is 11.5 Å². The van der Waals surface area contributed by atoms with Crippen LogP contribution < -0.4 is 20.3 Å². The number of nitrogens with one attached hydrogen (secondary N) is 2. The van der Waals surface area contributed by atoms with Crippen LogP contribution >= 0.6 is 11.6 Å². The van der Waals surface area contributed by atoms with E-state index in [2.05, 4.69) is 10.9 Å². The zero-order chi connectivity index (χ0) is 18.1. The van der Waals surface area contributed by atoms with Crippen molar-refractivity contribution >= 4 is 23.4 Å². The third-order valence-corrected chi connectivity index (χ3v) is 3.34. The fraction of sp³-hybridized carbons (Fsp3) is 0.222. The van der Waals surface area contributed by atoms with Crippen LogP contribution in [0.25, 0.3) is 0 Å². The van der Waals surface area contributed by atoms with Crippen molar-refractivity contribution in [2.24, 2.45) is 0 Å². The Balaban J connectivity index is 1.76. The molecule has 0 bridgehead atoms. The smallest absolute Gasteiger partial charge is 0.276 e. The molecule has 0 atom stereocenters. The van der Waals surface area contributed by atoms with E-state index in [1.807, 2.05) is 13.0 Å². The molecule has 2 aromatic carbocycles. The highest BCUT2D eigenvalue weighted by Gasteiger charge is 2.09. The SMILES string of the molecule is CCOc1ccccc1OCC(=O)NNC(=O)Cc1cccc(Cl)c1. The number of para-hydroxylation sites is 2. The molecule has 0 aliphatic heterocycles. The molecule has 0 unspecified atom stereocenters. The van der Waals surface area contributed by atoms with Crippen LogP contribution in [0, 0.1) is 0 Å². The molecule has 6 nitrogen and oxygen atoms in total. The Kier molecular flexibility index (Phi) is 7.10. The van der Waals surface area contributed by atoms with Gasteiger partial charge in [0.05, 0.1) is 13.0 Å². The van der Waals surface area contributed by atoms with Gasteiger partial charge in [-0.2, -0.15) is 0 Å². The summed E-state index contributed by atoms with van der Waals surface area (Å²) in [7, 11) is 0. The molecule has 0 heterocycles. The molecule has 2 rings (SSSR count). The molecule has 0 saturated heterocycles. The van der Waals surface area contributed by atoms with E-state index in [0.717, 1.165) is 5.56 Å². The number of hydrazine groups is 1. The van der Waals surface area contributed by atoms with Crippen LogP contribution in [-0.4, -0.2) is 25.0 Å². The third-order valence-electron chi connectivity index (χ3n) is 3.10. The molecule has 0 fully saturated rings. The number of carbonyl (C=O) groups excluding carboxylic acids is 2. The molecule has 0 spiro atoms. The Hall–Kier alpha value is -2.73. The summed E-state index contributed by atoms with van der Waals surface area (Å²) in [4.78, 5) is 23.6. The van der Waals surface area contributed by atoms with E-state index < -0.39 is 5.91 Å². The second-order valence-electron chi connectivity index (χ2n) is 5.07.